The maximum Gasteiger partial charge on any atom is 0.273 e. The average Bonchev–Trinajstić information content (AvgIpc) is 3.24. The third-order valence-electron chi connectivity index (χ3n) is 4.03. The summed E-state index contributed by atoms with van der Waals surface area (Å²) in [5.41, 5.74) is 0.397. The van der Waals surface area contributed by atoms with Gasteiger partial charge in [0.1, 0.15) is 0 Å². The van der Waals surface area contributed by atoms with Crippen molar-refractivity contribution in [1.82, 2.24) is 25.6 Å². The van der Waals surface area contributed by atoms with Crippen molar-refractivity contribution < 1.29 is 4.79 Å². The van der Waals surface area contributed by atoms with Crippen LogP contribution < -0.4 is 10.6 Å². The minimum absolute atomic E-state index is 0.0385. The van der Waals surface area contributed by atoms with Crippen molar-refractivity contribution in [3.8, 4) is 0 Å². The number of nitrogens with one attached hydrogen (secondary N) is 2. The van der Waals surface area contributed by atoms with Crippen LogP contribution in [0.1, 0.15) is 53.6 Å². The van der Waals surface area contributed by atoms with E-state index in [1.165, 1.54) is 4.88 Å². The summed E-state index contributed by atoms with van der Waals surface area (Å²) >= 11 is 1.66. The van der Waals surface area contributed by atoms with Gasteiger partial charge < -0.3 is 10.6 Å². The predicted octanol–water partition coefficient (Wildman–Crippen LogP) is 2.15. The van der Waals surface area contributed by atoms with Gasteiger partial charge in [-0.3, -0.25) is 4.79 Å². The first-order valence-electron chi connectivity index (χ1n) is 7.74. The topological polar surface area (TPSA) is 71.8 Å². The minimum atomic E-state index is -0.152. The number of carbonyl (C=O) groups is 1. The van der Waals surface area contributed by atoms with Crippen molar-refractivity contribution in [2.75, 3.05) is 13.1 Å². The molecule has 118 valence electrons. The highest BCUT2D eigenvalue weighted by Gasteiger charge is 2.20. The fraction of sp³-hybridized carbons (Fsp3) is 0.533. The van der Waals surface area contributed by atoms with E-state index < -0.39 is 0 Å². The predicted molar refractivity (Wildman–Crippen MR) is 86.0 cm³/mol. The van der Waals surface area contributed by atoms with Gasteiger partial charge in [-0.1, -0.05) is 18.2 Å². The monoisotopic (exact) mass is 319 g/mol. The van der Waals surface area contributed by atoms with E-state index in [1.54, 1.807) is 17.5 Å². The van der Waals surface area contributed by atoms with Gasteiger partial charge in [0.05, 0.1) is 18.3 Å². The fourth-order valence-corrected chi connectivity index (χ4v) is 3.59. The van der Waals surface area contributed by atoms with Gasteiger partial charge in [0.2, 0.25) is 0 Å². The molecule has 3 rings (SSSR count). The summed E-state index contributed by atoms with van der Waals surface area (Å²) in [5, 5.41) is 16.6. The second-order valence-electron chi connectivity index (χ2n) is 5.51. The molecule has 1 amide bonds. The molecule has 7 heteroatoms. The van der Waals surface area contributed by atoms with Crippen LogP contribution >= 0.6 is 11.3 Å². The van der Waals surface area contributed by atoms with Crippen LogP contribution in [0.15, 0.2) is 23.7 Å². The molecule has 0 radical (unpaired) electrons. The Balaban J connectivity index is 1.66. The smallest absolute Gasteiger partial charge is 0.273 e. The van der Waals surface area contributed by atoms with Crippen LogP contribution in [-0.2, 0) is 0 Å². The largest absolute Gasteiger partial charge is 0.343 e. The Bertz CT molecular complexity index is 603. The Morgan fingerprint density at radius 3 is 3.05 bits per heavy atom. The SMILES string of the molecule is CCC(NC(=O)c1cn(C2CCNCC2)nn1)c1cccs1. The summed E-state index contributed by atoms with van der Waals surface area (Å²) in [5.74, 6) is -0.152. The average molecular weight is 319 g/mol. The fourth-order valence-electron chi connectivity index (χ4n) is 2.73. The standard InChI is InChI=1S/C15H21N5OS/c1-2-12(14-4-3-9-22-14)17-15(21)13-10-20(19-18-13)11-5-7-16-8-6-11/h3-4,9-12,16H,2,5-8H2,1H3,(H,17,21). The molecule has 1 fully saturated rings. The van der Waals surface area contributed by atoms with Crippen LogP contribution in [0.5, 0.6) is 0 Å². The summed E-state index contributed by atoms with van der Waals surface area (Å²) in [6, 6.07) is 4.43. The van der Waals surface area contributed by atoms with E-state index in [2.05, 4.69) is 27.9 Å². The molecule has 0 bridgehead atoms. The molecule has 0 aliphatic carbocycles. The lowest BCUT2D eigenvalue weighted by molar-refractivity contribution is 0.0931. The summed E-state index contributed by atoms with van der Waals surface area (Å²) in [6.45, 7) is 4.04. The Morgan fingerprint density at radius 2 is 2.36 bits per heavy atom. The summed E-state index contributed by atoms with van der Waals surface area (Å²) in [4.78, 5) is 13.5. The number of piperidine rings is 1. The highest BCUT2D eigenvalue weighted by Crippen LogP contribution is 2.22. The highest BCUT2D eigenvalue weighted by atomic mass is 32.1. The number of carbonyl (C=O) groups excluding carboxylic acids is 1. The summed E-state index contributed by atoms with van der Waals surface area (Å²) < 4.78 is 1.84. The Kier molecular flexibility index (Phi) is 4.84. The lowest BCUT2D eigenvalue weighted by atomic mass is 10.1. The molecular weight excluding hydrogens is 298 g/mol. The van der Waals surface area contributed by atoms with Gasteiger partial charge >= 0.3 is 0 Å². The summed E-state index contributed by atoms with van der Waals surface area (Å²) in [7, 11) is 0. The third kappa shape index (κ3) is 3.36. The molecule has 22 heavy (non-hydrogen) atoms. The van der Waals surface area contributed by atoms with Crippen LogP contribution in [0.3, 0.4) is 0 Å². The van der Waals surface area contributed by atoms with Gasteiger partial charge in [-0.2, -0.15) is 0 Å². The minimum Gasteiger partial charge on any atom is -0.343 e. The number of rotatable bonds is 5. The number of hydrogen-bond acceptors (Lipinski definition) is 5. The molecule has 1 saturated heterocycles. The van der Waals surface area contributed by atoms with Crippen molar-refractivity contribution in [3.63, 3.8) is 0 Å². The Morgan fingerprint density at radius 1 is 1.55 bits per heavy atom. The van der Waals surface area contributed by atoms with Gasteiger partial charge in [-0.25, -0.2) is 4.68 Å². The van der Waals surface area contributed by atoms with Crippen LogP contribution in [0.25, 0.3) is 0 Å². The molecular formula is C15H21N5OS. The quantitative estimate of drug-likeness (QED) is 0.886. The zero-order chi connectivity index (χ0) is 15.4. The highest BCUT2D eigenvalue weighted by molar-refractivity contribution is 7.10. The molecule has 1 unspecified atom stereocenters. The molecule has 1 atom stereocenters. The first kappa shape index (κ1) is 15.2. The Labute approximate surface area is 133 Å². The van der Waals surface area contributed by atoms with Gasteiger partial charge in [0, 0.05) is 4.88 Å². The van der Waals surface area contributed by atoms with Crippen LogP contribution in [-0.4, -0.2) is 34.0 Å². The second kappa shape index (κ2) is 7.02. The second-order valence-corrected chi connectivity index (χ2v) is 6.49. The van der Waals surface area contributed by atoms with E-state index in [1.807, 2.05) is 22.2 Å². The first-order chi connectivity index (χ1) is 10.8. The van der Waals surface area contributed by atoms with E-state index in [9.17, 15) is 4.79 Å². The first-order valence-corrected chi connectivity index (χ1v) is 8.62. The Hall–Kier alpha value is -1.73. The lowest BCUT2D eigenvalue weighted by Gasteiger charge is -2.22. The number of hydrogen-bond donors (Lipinski definition) is 2. The summed E-state index contributed by atoms with van der Waals surface area (Å²) in [6.07, 6.45) is 4.68. The molecule has 2 aromatic rings. The molecule has 1 aliphatic heterocycles. The normalized spacial score (nSPS) is 17.3. The number of nitrogens with zero attached hydrogens (tertiary/aromatic N) is 3. The van der Waals surface area contributed by atoms with Crippen molar-refractivity contribution in [3.05, 3.63) is 34.3 Å². The third-order valence-corrected chi connectivity index (χ3v) is 5.01. The van der Waals surface area contributed by atoms with Crippen molar-refractivity contribution in [2.45, 2.75) is 38.3 Å². The molecule has 1 aliphatic rings. The van der Waals surface area contributed by atoms with Crippen LogP contribution in [0, 0.1) is 0 Å². The molecule has 0 saturated carbocycles. The van der Waals surface area contributed by atoms with Gasteiger partial charge in [0.15, 0.2) is 5.69 Å². The van der Waals surface area contributed by atoms with Crippen molar-refractivity contribution in [2.24, 2.45) is 0 Å². The van der Waals surface area contributed by atoms with E-state index in [0.717, 1.165) is 32.4 Å². The number of thiophene rings is 1. The van der Waals surface area contributed by atoms with E-state index in [4.69, 9.17) is 0 Å². The van der Waals surface area contributed by atoms with Crippen molar-refractivity contribution in [1.29, 1.82) is 0 Å². The molecule has 6 nitrogen and oxygen atoms in total. The molecule has 2 N–H and O–H groups in total. The van der Waals surface area contributed by atoms with Crippen molar-refractivity contribution >= 4 is 17.2 Å². The van der Waals surface area contributed by atoms with E-state index >= 15 is 0 Å². The van der Waals surface area contributed by atoms with E-state index in [-0.39, 0.29) is 11.9 Å². The van der Waals surface area contributed by atoms with Gasteiger partial charge in [-0.15, -0.1) is 16.4 Å². The molecule has 2 aromatic heterocycles. The van der Waals surface area contributed by atoms with Gasteiger partial charge in [-0.05, 0) is 43.8 Å². The zero-order valence-corrected chi connectivity index (χ0v) is 13.5. The molecule has 3 heterocycles. The van der Waals surface area contributed by atoms with Crippen LogP contribution in [0.4, 0.5) is 0 Å². The maximum atomic E-state index is 12.4. The maximum absolute atomic E-state index is 12.4. The van der Waals surface area contributed by atoms with Gasteiger partial charge in [0.25, 0.3) is 5.91 Å². The molecule has 0 aromatic carbocycles. The zero-order valence-electron chi connectivity index (χ0n) is 12.7. The number of amides is 1. The lowest BCUT2D eigenvalue weighted by Crippen LogP contribution is -2.30. The molecule has 0 spiro atoms. The number of aromatic nitrogens is 3. The van der Waals surface area contributed by atoms with E-state index in [0.29, 0.717) is 11.7 Å². The van der Waals surface area contributed by atoms with Crippen LogP contribution in [0.2, 0.25) is 0 Å².